The van der Waals surface area contributed by atoms with Crippen LogP contribution < -0.4 is 5.32 Å². The molecule has 2 atom stereocenters. The van der Waals surface area contributed by atoms with Gasteiger partial charge in [-0.05, 0) is 18.9 Å². The van der Waals surface area contributed by atoms with Crippen molar-refractivity contribution in [3.8, 4) is 0 Å². The number of ketones is 1. The zero-order valence-corrected chi connectivity index (χ0v) is 12.5. The lowest BCUT2D eigenvalue weighted by molar-refractivity contribution is -0.147. The van der Waals surface area contributed by atoms with Crippen molar-refractivity contribution in [2.75, 3.05) is 0 Å². The summed E-state index contributed by atoms with van der Waals surface area (Å²) in [6, 6.07) is 6.71. The van der Waals surface area contributed by atoms with Crippen LogP contribution in [0, 0.1) is 0 Å². The van der Waals surface area contributed by atoms with Crippen LogP contribution in [0.4, 0.5) is 0 Å². The molecule has 0 radical (unpaired) electrons. The van der Waals surface area contributed by atoms with Gasteiger partial charge in [0.25, 0.3) is 5.91 Å². The molecule has 0 heterocycles. The first kappa shape index (κ1) is 18.2. The minimum atomic E-state index is -1.91. The molecule has 8 heteroatoms. The summed E-state index contributed by atoms with van der Waals surface area (Å²) in [5.41, 5.74) is 6.62. The highest BCUT2D eigenvalue weighted by molar-refractivity contribution is 6.25. The van der Waals surface area contributed by atoms with Gasteiger partial charge in [0.2, 0.25) is 5.78 Å². The maximum Gasteiger partial charge on any atom is 0.326 e. The summed E-state index contributed by atoms with van der Waals surface area (Å²) in [4.78, 5) is 37.1. The van der Waals surface area contributed by atoms with Crippen LogP contribution in [0.3, 0.4) is 0 Å². The summed E-state index contributed by atoms with van der Waals surface area (Å²) in [6.07, 6.45) is 0.229. The van der Waals surface area contributed by atoms with Crippen molar-refractivity contribution in [1.82, 2.24) is 5.32 Å². The highest BCUT2D eigenvalue weighted by Gasteiger charge is 2.35. The molecule has 0 aromatic heterocycles. The fourth-order valence-corrected chi connectivity index (χ4v) is 1.87. The lowest BCUT2D eigenvalue weighted by Crippen LogP contribution is -2.49. The summed E-state index contributed by atoms with van der Waals surface area (Å²) in [6.45, 7) is 1.25. The Balaban J connectivity index is 2.79. The number of benzene rings is 1. The molecule has 3 N–H and O–H groups in total. The number of carbonyl (C=O) groups excluding carboxylic acids is 2. The van der Waals surface area contributed by atoms with Gasteiger partial charge in [-0.25, -0.2) is 4.79 Å². The molecule has 1 amide bonds. The Hall–Kier alpha value is -2.83. The number of Topliss-reactive ketones (excluding diaryl/α,β-unsaturated/α-hetero) is 1. The number of amides is 1. The molecule has 0 bridgehead atoms. The van der Waals surface area contributed by atoms with E-state index in [1.54, 1.807) is 18.2 Å². The third-order valence-electron chi connectivity index (χ3n) is 3.26. The molecule has 0 unspecified atom stereocenters. The number of rotatable bonds is 8. The first-order chi connectivity index (χ1) is 10.8. The van der Waals surface area contributed by atoms with E-state index in [1.807, 2.05) is 0 Å². The number of aliphatic carboxylic acids is 1. The third kappa shape index (κ3) is 5.14. The van der Waals surface area contributed by atoms with E-state index < -0.39 is 29.3 Å². The number of nitrogens with zero attached hydrogens (tertiary/aromatic N) is 2. The van der Waals surface area contributed by atoms with E-state index in [0.29, 0.717) is 11.8 Å². The number of hydrogen-bond acceptors (Lipinski definition) is 4. The van der Waals surface area contributed by atoms with Gasteiger partial charge in [0.15, 0.2) is 5.60 Å². The zero-order valence-electron chi connectivity index (χ0n) is 12.5. The highest BCUT2D eigenvalue weighted by Crippen LogP contribution is 2.20. The fraction of sp³-hybridized carbons (Fsp3) is 0.333. The van der Waals surface area contributed by atoms with Crippen LogP contribution in [0.25, 0.3) is 5.53 Å². The molecule has 0 aliphatic heterocycles. The van der Waals surface area contributed by atoms with Crippen LogP contribution in [-0.4, -0.2) is 44.9 Å². The van der Waals surface area contributed by atoms with Crippen molar-refractivity contribution in [1.29, 1.82) is 0 Å². The maximum absolute atomic E-state index is 12.2. The third-order valence-corrected chi connectivity index (χ3v) is 3.26. The number of carboxylic acid groups (broad SMARTS) is 1. The normalized spacial score (nSPS) is 14.0. The zero-order chi connectivity index (χ0) is 17.5. The number of nitrogens with one attached hydrogen (secondary N) is 1. The van der Waals surface area contributed by atoms with Crippen LogP contribution >= 0.6 is 0 Å². The second-order valence-electron chi connectivity index (χ2n) is 5.05. The molecule has 0 spiro atoms. The Bertz CT molecular complexity index is 636. The molecular weight excluding hydrogens is 302 g/mol. The van der Waals surface area contributed by atoms with Crippen molar-refractivity contribution in [2.45, 2.75) is 31.4 Å². The first-order valence-electron chi connectivity index (χ1n) is 6.81. The summed E-state index contributed by atoms with van der Waals surface area (Å²) < 4.78 is 0. The van der Waals surface area contributed by atoms with Gasteiger partial charge in [0, 0.05) is 6.42 Å². The van der Waals surface area contributed by atoms with E-state index >= 15 is 0 Å². The van der Waals surface area contributed by atoms with Gasteiger partial charge >= 0.3 is 12.2 Å². The maximum atomic E-state index is 12.2. The summed E-state index contributed by atoms with van der Waals surface area (Å²) in [5.74, 6) is -2.81. The number of carboxylic acids is 1. The second-order valence-corrected chi connectivity index (χ2v) is 5.05. The number of aliphatic hydroxyl groups is 1. The highest BCUT2D eigenvalue weighted by atomic mass is 16.4. The molecule has 1 aromatic carbocycles. The largest absolute Gasteiger partial charge is 0.480 e. The smallest absolute Gasteiger partial charge is 0.326 e. The molecule has 0 aliphatic rings. The van der Waals surface area contributed by atoms with Crippen LogP contribution in [0.5, 0.6) is 0 Å². The predicted molar refractivity (Wildman–Crippen MR) is 79.5 cm³/mol. The molecule has 122 valence electrons. The minimum Gasteiger partial charge on any atom is -0.480 e. The summed E-state index contributed by atoms with van der Waals surface area (Å²) in [5, 5.41) is 21.6. The van der Waals surface area contributed by atoms with Gasteiger partial charge in [0.05, 0.1) is 0 Å². The standard InChI is InChI=1S/C15H17N3O5/c1-15(23,10-5-3-2-4-6-10)14(22)18-12(13(20)21)8-7-11(19)9-17-16/h2-6,9,12,23H,7-8H2,1H3,(H,18,22)(H,20,21)/t12-,15+/m0/s1. The average molecular weight is 319 g/mol. The topological polar surface area (TPSA) is 140 Å². The average Bonchev–Trinajstić information content (AvgIpc) is 2.51. The van der Waals surface area contributed by atoms with Gasteiger partial charge in [-0.2, -0.15) is 4.79 Å². The number of hydrogen-bond donors (Lipinski definition) is 3. The fourth-order valence-electron chi connectivity index (χ4n) is 1.87. The van der Waals surface area contributed by atoms with Crippen LogP contribution in [0.15, 0.2) is 30.3 Å². The van der Waals surface area contributed by atoms with Crippen LogP contribution in [0.1, 0.15) is 25.3 Å². The van der Waals surface area contributed by atoms with Crippen LogP contribution in [-0.2, 0) is 20.0 Å². The van der Waals surface area contributed by atoms with Crippen molar-refractivity contribution < 1.29 is 29.4 Å². The van der Waals surface area contributed by atoms with E-state index in [2.05, 4.69) is 10.1 Å². The van der Waals surface area contributed by atoms with Crippen molar-refractivity contribution in [2.24, 2.45) is 0 Å². The van der Waals surface area contributed by atoms with Gasteiger partial charge in [-0.15, -0.1) is 0 Å². The van der Waals surface area contributed by atoms with E-state index in [0.717, 1.165) is 0 Å². The summed E-state index contributed by atoms with van der Waals surface area (Å²) in [7, 11) is 0. The molecule has 0 saturated carbocycles. The van der Waals surface area contributed by atoms with E-state index in [1.165, 1.54) is 19.1 Å². The Kier molecular flexibility index (Phi) is 6.32. The molecule has 0 fully saturated rings. The molecule has 1 aromatic rings. The van der Waals surface area contributed by atoms with E-state index in [4.69, 9.17) is 10.6 Å². The lowest BCUT2D eigenvalue weighted by Gasteiger charge is -2.25. The van der Waals surface area contributed by atoms with E-state index in [9.17, 15) is 19.5 Å². The Labute approximate surface area is 132 Å². The van der Waals surface area contributed by atoms with Crippen molar-refractivity contribution >= 4 is 23.9 Å². The monoisotopic (exact) mass is 319 g/mol. The molecule has 1 rings (SSSR count). The second kappa shape index (κ2) is 7.98. The SMILES string of the molecule is C[C@](O)(C(=O)N[C@@H](CCC(=O)C=[N+]=[N-])C(=O)O)c1ccccc1. The van der Waals surface area contributed by atoms with Gasteiger partial charge in [0.1, 0.15) is 6.04 Å². The molecule has 0 saturated heterocycles. The lowest BCUT2D eigenvalue weighted by atomic mass is 9.94. The molecule has 0 aliphatic carbocycles. The number of carbonyl (C=O) groups is 3. The molecular formula is C15H17N3O5. The van der Waals surface area contributed by atoms with Gasteiger partial charge in [-0.3, -0.25) is 9.59 Å². The Morgan fingerprint density at radius 3 is 2.48 bits per heavy atom. The predicted octanol–water partition coefficient (Wildman–Crippen LogP) is 0.113. The van der Waals surface area contributed by atoms with Gasteiger partial charge < -0.3 is 21.1 Å². The van der Waals surface area contributed by atoms with Crippen molar-refractivity contribution in [3.63, 3.8) is 0 Å². The Morgan fingerprint density at radius 2 is 1.96 bits per heavy atom. The van der Waals surface area contributed by atoms with Crippen LogP contribution in [0.2, 0.25) is 0 Å². The minimum absolute atomic E-state index is 0.198. The van der Waals surface area contributed by atoms with E-state index in [-0.39, 0.29) is 12.8 Å². The first-order valence-corrected chi connectivity index (χ1v) is 6.81. The van der Waals surface area contributed by atoms with Gasteiger partial charge in [-0.1, -0.05) is 30.3 Å². The quantitative estimate of drug-likeness (QED) is 0.354. The Morgan fingerprint density at radius 1 is 1.35 bits per heavy atom. The summed E-state index contributed by atoms with van der Waals surface area (Å²) >= 11 is 0. The molecule has 23 heavy (non-hydrogen) atoms. The molecule has 8 nitrogen and oxygen atoms in total. The van der Waals surface area contributed by atoms with Crippen molar-refractivity contribution in [3.05, 3.63) is 41.4 Å².